The van der Waals surface area contributed by atoms with Crippen LogP contribution in [-0.4, -0.2) is 11.1 Å². The first-order valence-corrected chi connectivity index (χ1v) is 6.98. The van der Waals surface area contributed by atoms with E-state index in [1.54, 1.807) is 5.48 Å². The number of allylic oxidation sites excluding steroid dienone is 4. The second kappa shape index (κ2) is 9.10. The van der Waals surface area contributed by atoms with E-state index in [0.29, 0.717) is 0 Å². The second-order valence-electron chi connectivity index (χ2n) is 4.75. The summed E-state index contributed by atoms with van der Waals surface area (Å²) in [7, 11) is 0. The molecule has 108 valence electrons. The molecule has 3 nitrogen and oxygen atoms in total. The summed E-state index contributed by atoms with van der Waals surface area (Å²) in [6, 6.07) is 7.97. The lowest BCUT2D eigenvalue weighted by Crippen LogP contribution is -2.20. The van der Waals surface area contributed by atoms with E-state index < -0.39 is 0 Å². The molecule has 1 aromatic rings. The van der Waals surface area contributed by atoms with Crippen molar-refractivity contribution in [2.24, 2.45) is 0 Å². The molecule has 1 rings (SSSR count). The molecule has 0 saturated heterocycles. The van der Waals surface area contributed by atoms with E-state index in [0.717, 1.165) is 24.8 Å². The van der Waals surface area contributed by atoms with Gasteiger partial charge in [0.25, 0.3) is 0 Å². The molecule has 0 aliphatic heterocycles. The Labute approximate surface area is 121 Å². The molecule has 0 radical (unpaired) electrons. The molecule has 0 aliphatic carbocycles. The van der Waals surface area contributed by atoms with E-state index in [9.17, 15) is 4.79 Å². The van der Waals surface area contributed by atoms with Crippen LogP contribution in [0.15, 0.2) is 48.1 Å². The molecule has 0 heterocycles. The summed E-state index contributed by atoms with van der Waals surface area (Å²) in [5.41, 5.74) is 5.18. The Morgan fingerprint density at radius 3 is 2.40 bits per heavy atom. The van der Waals surface area contributed by atoms with Gasteiger partial charge < -0.3 is 0 Å². The van der Waals surface area contributed by atoms with Gasteiger partial charge in [0.05, 0.1) is 6.42 Å². The predicted octanol–water partition coefficient (Wildman–Crippen LogP) is 3.58. The molecule has 1 aromatic carbocycles. The molecule has 0 unspecified atom stereocenters. The number of benzene rings is 1. The number of carbonyl (C=O) groups is 1. The Hall–Kier alpha value is -1.87. The number of carbonyl (C=O) groups excluding carboxylic acids is 1. The summed E-state index contributed by atoms with van der Waals surface area (Å²) >= 11 is 0. The number of amides is 1. The molecular formula is C17H23NO2. The summed E-state index contributed by atoms with van der Waals surface area (Å²) in [6.07, 6.45) is 9.79. The number of aryl methyl sites for hydroxylation is 1. The van der Waals surface area contributed by atoms with E-state index in [2.05, 4.69) is 25.2 Å². The molecule has 0 fully saturated rings. The van der Waals surface area contributed by atoms with Gasteiger partial charge in [-0.15, -0.1) is 0 Å². The van der Waals surface area contributed by atoms with Crippen molar-refractivity contribution in [3.05, 3.63) is 59.2 Å². The van der Waals surface area contributed by atoms with Crippen LogP contribution in [0, 0.1) is 0 Å². The van der Waals surface area contributed by atoms with Gasteiger partial charge >= 0.3 is 0 Å². The maximum Gasteiger partial charge on any atom is 0.247 e. The molecular weight excluding hydrogens is 250 g/mol. The van der Waals surface area contributed by atoms with Gasteiger partial charge in [0.15, 0.2) is 0 Å². The number of hydrogen-bond acceptors (Lipinski definition) is 2. The first-order chi connectivity index (χ1) is 9.69. The van der Waals surface area contributed by atoms with Crippen LogP contribution in [0.5, 0.6) is 0 Å². The van der Waals surface area contributed by atoms with Crippen LogP contribution in [0.25, 0.3) is 0 Å². The van der Waals surface area contributed by atoms with Crippen molar-refractivity contribution in [1.82, 2.24) is 5.48 Å². The van der Waals surface area contributed by atoms with Crippen molar-refractivity contribution >= 4 is 5.91 Å². The average molecular weight is 273 g/mol. The second-order valence-corrected chi connectivity index (χ2v) is 4.75. The Morgan fingerprint density at radius 2 is 1.85 bits per heavy atom. The minimum absolute atomic E-state index is 0.209. The van der Waals surface area contributed by atoms with Gasteiger partial charge in [0.2, 0.25) is 5.91 Å². The van der Waals surface area contributed by atoms with E-state index in [-0.39, 0.29) is 12.3 Å². The highest BCUT2D eigenvalue weighted by atomic mass is 16.5. The van der Waals surface area contributed by atoms with Crippen LogP contribution >= 0.6 is 0 Å². The summed E-state index contributed by atoms with van der Waals surface area (Å²) < 4.78 is 0. The fourth-order valence-corrected chi connectivity index (χ4v) is 2.08. The number of rotatable bonds is 7. The highest BCUT2D eigenvalue weighted by Gasteiger charge is 2.02. The van der Waals surface area contributed by atoms with Crippen molar-refractivity contribution < 1.29 is 10.0 Å². The first kappa shape index (κ1) is 16.2. The first-order valence-electron chi connectivity index (χ1n) is 6.98. The third-order valence-electron chi connectivity index (χ3n) is 3.19. The third-order valence-corrected chi connectivity index (χ3v) is 3.19. The van der Waals surface area contributed by atoms with Crippen LogP contribution in [0.4, 0.5) is 0 Å². The standard InChI is InChI=1S/C17H23NO2/c1-3-6-14(4-2)7-5-8-15-9-11-16(12-10-15)13-17(19)18-20/h3-4,6,9-12,20H,5,7-8,13H2,1-2H3,(H,18,19)/b6-3-,14-4+. The third kappa shape index (κ3) is 5.85. The predicted molar refractivity (Wildman–Crippen MR) is 81.6 cm³/mol. The van der Waals surface area contributed by atoms with Crippen LogP contribution in [0.3, 0.4) is 0 Å². The Kier molecular flexibility index (Phi) is 7.36. The minimum atomic E-state index is -0.387. The largest absolute Gasteiger partial charge is 0.289 e. The molecule has 0 aromatic heterocycles. The van der Waals surface area contributed by atoms with Gasteiger partial charge in [-0.1, -0.05) is 48.1 Å². The summed E-state index contributed by atoms with van der Waals surface area (Å²) in [6.45, 7) is 4.10. The number of hydroxylamine groups is 1. The van der Waals surface area contributed by atoms with Gasteiger partial charge in [-0.25, -0.2) is 5.48 Å². The van der Waals surface area contributed by atoms with Gasteiger partial charge in [0.1, 0.15) is 0 Å². The average Bonchev–Trinajstić information content (AvgIpc) is 2.48. The summed E-state index contributed by atoms with van der Waals surface area (Å²) in [5, 5.41) is 8.48. The van der Waals surface area contributed by atoms with Gasteiger partial charge in [-0.3, -0.25) is 10.0 Å². The molecule has 1 amide bonds. The van der Waals surface area contributed by atoms with Crippen LogP contribution in [-0.2, 0) is 17.6 Å². The van der Waals surface area contributed by atoms with Crippen molar-refractivity contribution in [3.8, 4) is 0 Å². The molecule has 2 N–H and O–H groups in total. The molecule has 0 aliphatic rings. The quantitative estimate of drug-likeness (QED) is 0.453. The molecule has 20 heavy (non-hydrogen) atoms. The molecule has 0 atom stereocenters. The highest BCUT2D eigenvalue weighted by molar-refractivity contribution is 5.77. The van der Waals surface area contributed by atoms with Gasteiger partial charge in [-0.05, 0) is 44.2 Å². The Morgan fingerprint density at radius 1 is 1.20 bits per heavy atom. The Balaban J connectivity index is 2.44. The molecule has 3 heteroatoms. The Bertz CT molecular complexity index is 472. The van der Waals surface area contributed by atoms with Crippen LogP contribution in [0.2, 0.25) is 0 Å². The zero-order chi connectivity index (χ0) is 14.8. The van der Waals surface area contributed by atoms with Crippen LogP contribution in [0.1, 0.15) is 37.8 Å². The van der Waals surface area contributed by atoms with Crippen molar-refractivity contribution in [2.45, 2.75) is 39.5 Å². The van der Waals surface area contributed by atoms with Crippen molar-refractivity contribution in [2.75, 3.05) is 0 Å². The summed E-state index contributed by atoms with van der Waals surface area (Å²) in [5.74, 6) is -0.387. The van der Waals surface area contributed by atoms with Crippen molar-refractivity contribution in [3.63, 3.8) is 0 Å². The maximum atomic E-state index is 11.0. The fourth-order valence-electron chi connectivity index (χ4n) is 2.08. The SMILES string of the molecule is C/C=C\C(=C/C)CCCc1ccc(CC(=O)NO)cc1. The fraction of sp³-hybridized carbons (Fsp3) is 0.353. The molecule has 0 saturated carbocycles. The topological polar surface area (TPSA) is 49.3 Å². The monoisotopic (exact) mass is 273 g/mol. The lowest BCUT2D eigenvalue weighted by molar-refractivity contribution is -0.128. The number of hydrogen-bond donors (Lipinski definition) is 2. The zero-order valence-electron chi connectivity index (χ0n) is 12.2. The lowest BCUT2D eigenvalue weighted by Gasteiger charge is -2.05. The van der Waals surface area contributed by atoms with Gasteiger partial charge in [-0.2, -0.15) is 0 Å². The van der Waals surface area contributed by atoms with Crippen LogP contribution < -0.4 is 5.48 Å². The van der Waals surface area contributed by atoms with Crippen molar-refractivity contribution in [1.29, 1.82) is 0 Å². The van der Waals surface area contributed by atoms with E-state index in [1.807, 2.05) is 31.2 Å². The van der Waals surface area contributed by atoms with E-state index in [4.69, 9.17) is 5.21 Å². The normalized spacial score (nSPS) is 11.8. The smallest absolute Gasteiger partial charge is 0.247 e. The summed E-state index contributed by atoms with van der Waals surface area (Å²) in [4.78, 5) is 11.0. The zero-order valence-corrected chi connectivity index (χ0v) is 12.2. The van der Waals surface area contributed by atoms with E-state index in [1.165, 1.54) is 11.1 Å². The maximum absolute atomic E-state index is 11.0. The van der Waals surface area contributed by atoms with Gasteiger partial charge in [0, 0.05) is 0 Å². The lowest BCUT2D eigenvalue weighted by atomic mass is 10.0. The molecule has 0 spiro atoms. The van der Waals surface area contributed by atoms with E-state index >= 15 is 0 Å². The highest BCUT2D eigenvalue weighted by Crippen LogP contribution is 2.12. The molecule has 0 bridgehead atoms. The minimum Gasteiger partial charge on any atom is -0.289 e. The number of nitrogens with one attached hydrogen (secondary N) is 1.